The zero-order chi connectivity index (χ0) is 25.5. The maximum atomic E-state index is 15.2. The molecule has 2 aliphatic carbocycles. The van der Waals surface area contributed by atoms with Crippen molar-refractivity contribution >= 4 is 22.9 Å². The van der Waals surface area contributed by atoms with Crippen LogP contribution in [0.5, 0.6) is 0 Å². The van der Waals surface area contributed by atoms with Gasteiger partial charge in [-0.1, -0.05) is 121 Å². The molecule has 37 heavy (non-hydrogen) atoms. The van der Waals surface area contributed by atoms with Crippen LogP contribution in [0.1, 0.15) is 35.6 Å². The molecule has 3 heteroatoms. The third-order valence-electron chi connectivity index (χ3n) is 8.04. The van der Waals surface area contributed by atoms with Crippen LogP contribution in [-0.4, -0.2) is 18.4 Å². The molecule has 0 unspecified atom stereocenters. The van der Waals surface area contributed by atoms with E-state index in [1.807, 2.05) is 104 Å². The van der Waals surface area contributed by atoms with Crippen LogP contribution in [0.15, 0.2) is 121 Å². The van der Waals surface area contributed by atoms with Crippen molar-refractivity contribution in [2.24, 2.45) is 5.92 Å². The van der Waals surface area contributed by atoms with Gasteiger partial charge in [0.2, 0.25) is 0 Å². The van der Waals surface area contributed by atoms with Gasteiger partial charge in [-0.05, 0) is 46.7 Å². The molecule has 2 aliphatic rings. The molecule has 0 N–H and O–H groups in total. The van der Waals surface area contributed by atoms with Gasteiger partial charge >= 0.3 is 5.97 Å². The second-order valence-electron chi connectivity index (χ2n) is 9.77. The number of carbonyl (C=O) groups is 2. The Hall–Kier alpha value is -4.24. The summed E-state index contributed by atoms with van der Waals surface area (Å²) in [6.07, 6.45) is 0.365. The Bertz CT molecular complexity index is 1480. The van der Waals surface area contributed by atoms with Crippen LogP contribution in [-0.2, 0) is 25.2 Å². The second kappa shape index (κ2) is 9.01. The number of fused-ring (bicyclic) bond motifs is 2. The maximum absolute atomic E-state index is 15.2. The van der Waals surface area contributed by atoms with E-state index < -0.39 is 16.7 Å². The lowest BCUT2D eigenvalue weighted by Crippen LogP contribution is -2.42. The van der Waals surface area contributed by atoms with Crippen LogP contribution in [0.25, 0.3) is 11.1 Å². The highest BCUT2D eigenvalue weighted by atomic mass is 16.5. The summed E-state index contributed by atoms with van der Waals surface area (Å²) in [4.78, 5) is 29.0. The standard InChI is InChI=1S/C34H28O3/c1-2-37-31(35)28-23-33(26-19-11-5-12-20-26)29(24-15-7-3-8-16-24)30(25-17-9-4-10-18-25)34(28,32(33)36)27-21-13-6-14-22-27/h3-22,28H,2,23H2,1H3/t28-,33+,34+/m0/s1. The molecule has 2 bridgehead atoms. The quantitative estimate of drug-likeness (QED) is 0.288. The highest BCUT2D eigenvalue weighted by Gasteiger charge is 2.74. The van der Waals surface area contributed by atoms with Crippen molar-refractivity contribution in [2.75, 3.05) is 6.61 Å². The van der Waals surface area contributed by atoms with E-state index in [2.05, 4.69) is 24.3 Å². The number of rotatable bonds is 6. The first-order valence-corrected chi connectivity index (χ1v) is 12.8. The lowest BCUT2D eigenvalue weighted by molar-refractivity contribution is -0.150. The van der Waals surface area contributed by atoms with Gasteiger partial charge in [-0.2, -0.15) is 0 Å². The molecule has 0 radical (unpaired) electrons. The molecule has 1 fully saturated rings. The summed E-state index contributed by atoms with van der Waals surface area (Å²) in [5, 5.41) is 0. The van der Waals surface area contributed by atoms with E-state index in [4.69, 9.17) is 4.74 Å². The number of ether oxygens (including phenoxy) is 1. The number of benzene rings is 4. The number of Topliss-reactive ketones (excluding diaryl/α,β-unsaturated/α-hetero) is 1. The van der Waals surface area contributed by atoms with Crippen molar-refractivity contribution in [1.29, 1.82) is 0 Å². The van der Waals surface area contributed by atoms with Crippen molar-refractivity contribution < 1.29 is 14.3 Å². The molecule has 0 spiro atoms. The van der Waals surface area contributed by atoms with Crippen LogP contribution in [0.2, 0.25) is 0 Å². The molecule has 3 atom stereocenters. The summed E-state index contributed by atoms with van der Waals surface area (Å²) in [7, 11) is 0. The number of allylic oxidation sites excluding steroid dienone is 2. The van der Waals surface area contributed by atoms with Crippen LogP contribution in [0.3, 0.4) is 0 Å². The lowest BCUT2D eigenvalue weighted by atomic mass is 9.63. The Morgan fingerprint density at radius 2 is 1.16 bits per heavy atom. The molecule has 0 aliphatic heterocycles. The highest BCUT2D eigenvalue weighted by molar-refractivity contribution is 6.30. The minimum absolute atomic E-state index is 0.0492. The van der Waals surface area contributed by atoms with Gasteiger partial charge in [-0.25, -0.2) is 0 Å². The summed E-state index contributed by atoms with van der Waals surface area (Å²) in [6.45, 7) is 2.08. The number of esters is 1. The molecular formula is C34H28O3. The predicted molar refractivity (Wildman–Crippen MR) is 146 cm³/mol. The normalized spacial score (nSPS) is 24.4. The average molecular weight is 485 g/mol. The summed E-state index contributed by atoms with van der Waals surface area (Å²) in [6, 6.07) is 40.0. The fourth-order valence-corrected chi connectivity index (χ4v) is 6.73. The van der Waals surface area contributed by atoms with Crippen molar-refractivity contribution in [3.63, 3.8) is 0 Å². The molecule has 4 aromatic carbocycles. The molecule has 0 amide bonds. The van der Waals surface area contributed by atoms with E-state index in [1.165, 1.54) is 0 Å². The zero-order valence-electron chi connectivity index (χ0n) is 20.8. The van der Waals surface area contributed by atoms with Gasteiger partial charge in [0.05, 0.1) is 23.4 Å². The molecule has 1 saturated carbocycles. The fraction of sp³-hybridized carbons (Fsp3) is 0.176. The first-order chi connectivity index (χ1) is 18.2. The van der Waals surface area contributed by atoms with E-state index in [0.29, 0.717) is 6.42 Å². The first kappa shape index (κ1) is 23.2. The Labute approximate surface area is 217 Å². The van der Waals surface area contributed by atoms with Gasteiger partial charge in [-0.3, -0.25) is 9.59 Å². The van der Waals surface area contributed by atoms with Crippen LogP contribution in [0.4, 0.5) is 0 Å². The maximum Gasteiger partial charge on any atom is 0.310 e. The van der Waals surface area contributed by atoms with Gasteiger partial charge in [0.25, 0.3) is 0 Å². The Morgan fingerprint density at radius 3 is 1.68 bits per heavy atom. The van der Waals surface area contributed by atoms with E-state index in [9.17, 15) is 4.79 Å². The van der Waals surface area contributed by atoms with Gasteiger partial charge in [0, 0.05) is 0 Å². The van der Waals surface area contributed by atoms with Crippen LogP contribution in [0, 0.1) is 5.92 Å². The van der Waals surface area contributed by atoms with E-state index in [0.717, 1.165) is 33.4 Å². The van der Waals surface area contributed by atoms with Crippen LogP contribution >= 0.6 is 0 Å². The van der Waals surface area contributed by atoms with E-state index >= 15 is 4.79 Å². The smallest absolute Gasteiger partial charge is 0.310 e. The summed E-state index contributed by atoms with van der Waals surface area (Å²) >= 11 is 0. The molecule has 0 aromatic heterocycles. The largest absolute Gasteiger partial charge is 0.466 e. The molecule has 3 nitrogen and oxygen atoms in total. The number of ketones is 1. The Morgan fingerprint density at radius 1 is 0.703 bits per heavy atom. The van der Waals surface area contributed by atoms with Gasteiger partial charge in [0.1, 0.15) is 0 Å². The molecule has 6 rings (SSSR count). The molecule has 0 heterocycles. The zero-order valence-corrected chi connectivity index (χ0v) is 20.8. The first-order valence-electron chi connectivity index (χ1n) is 12.8. The van der Waals surface area contributed by atoms with Gasteiger partial charge in [0.15, 0.2) is 5.78 Å². The van der Waals surface area contributed by atoms with Crippen molar-refractivity contribution in [1.82, 2.24) is 0 Å². The number of hydrogen-bond donors (Lipinski definition) is 0. The number of hydrogen-bond acceptors (Lipinski definition) is 3. The minimum Gasteiger partial charge on any atom is -0.466 e. The van der Waals surface area contributed by atoms with Crippen molar-refractivity contribution in [2.45, 2.75) is 24.2 Å². The summed E-state index contributed by atoms with van der Waals surface area (Å²) in [5.74, 6) is -0.920. The van der Waals surface area contributed by atoms with E-state index in [-0.39, 0.29) is 18.4 Å². The van der Waals surface area contributed by atoms with E-state index in [1.54, 1.807) is 0 Å². The lowest BCUT2D eigenvalue weighted by Gasteiger charge is -2.38. The van der Waals surface area contributed by atoms with Crippen molar-refractivity contribution in [3.8, 4) is 0 Å². The SMILES string of the molecule is CCOC(=O)[C@@H]1C[C@]2(c3ccccc3)C(=O)[C@@]1(c1ccccc1)C(c1ccccc1)=C2c1ccccc1. The summed E-state index contributed by atoms with van der Waals surface area (Å²) < 4.78 is 5.67. The fourth-order valence-electron chi connectivity index (χ4n) is 6.73. The van der Waals surface area contributed by atoms with Crippen LogP contribution < -0.4 is 0 Å². The van der Waals surface area contributed by atoms with Crippen molar-refractivity contribution in [3.05, 3.63) is 144 Å². The highest BCUT2D eigenvalue weighted by Crippen LogP contribution is 2.70. The van der Waals surface area contributed by atoms with Gasteiger partial charge in [-0.15, -0.1) is 0 Å². The second-order valence-corrected chi connectivity index (χ2v) is 9.77. The third kappa shape index (κ3) is 3.20. The third-order valence-corrected chi connectivity index (χ3v) is 8.04. The predicted octanol–water partition coefficient (Wildman–Crippen LogP) is 6.64. The topological polar surface area (TPSA) is 43.4 Å². The Kier molecular flexibility index (Phi) is 5.64. The summed E-state index contributed by atoms with van der Waals surface area (Å²) in [5.41, 5.74) is 3.43. The number of carbonyl (C=O) groups excluding carboxylic acids is 2. The average Bonchev–Trinajstić information content (AvgIpc) is 3.37. The molecular weight excluding hydrogens is 456 g/mol. The minimum atomic E-state index is -1.17. The van der Waals surface area contributed by atoms with Gasteiger partial charge < -0.3 is 4.74 Å². The molecule has 182 valence electrons. The Balaban J connectivity index is 1.81. The molecule has 4 aromatic rings. The molecule has 0 saturated heterocycles. The monoisotopic (exact) mass is 484 g/mol.